The zero-order valence-corrected chi connectivity index (χ0v) is 15.6. The van der Waals surface area contributed by atoms with Gasteiger partial charge in [-0.3, -0.25) is 9.59 Å². The summed E-state index contributed by atoms with van der Waals surface area (Å²) in [6.45, 7) is 4.56. The van der Waals surface area contributed by atoms with Crippen molar-refractivity contribution < 1.29 is 14.3 Å². The van der Waals surface area contributed by atoms with E-state index in [9.17, 15) is 9.59 Å². The first-order valence-electron chi connectivity index (χ1n) is 9.30. The molecule has 3 N–H and O–H groups in total. The van der Waals surface area contributed by atoms with Gasteiger partial charge in [0.15, 0.2) is 0 Å². The Bertz CT molecular complexity index is 497. The van der Waals surface area contributed by atoms with Crippen molar-refractivity contribution in [2.45, 2.75) is 64.3 Å². The number of amides is 1. The second-order valence-corrected chi connectivity index (χ2v) is 6.33. The quantitative estimate of drug-likeness (QED) is 0.449. The Morgan fingerprint density at radius 3 is 2.44 bits per heavy atom. The Morgan fingerprint density at radius 1 is 1.12 bits per heavy atom. The average molecular weight is 348 g/mol. The van der Waals surface area contributed by atoms with E-state index in [-0.39, 0.29) is 31.3 Å². The van der Waals surface area contributed by atoms with Gasteiger partial charge < -0.3 is 15.8 Å². The molecule has 140 valence electrons. The minimum absolute atomic E-state index is 0.132. The van der Waals surface area contributed by atoms with E-state index in [2.05, 4.69) is 12.2 Å². The van der Waals surface area contributed by atoms with Crippen molar-refractivity contribution in [3.8, 4) is 0 Å². The van der Waals surface area contributed by atoms with Crippen molar-refractivity contribution >= 4 is 11.9 Å². The Balaban J connectivity index is 3.10. The highest BCUT2D eigenvalue weighted by atomic mass is 16.5. The summed E-state index contributed by atoms with van der Waals surface area (Å²) in [6, 6.07) is 9.70. The summed E-state index contributed by atoms with van der Waals surface area (Å²) in [7, 11) is 0. The second-order valence-electron chi connectivity index (χ2n) is 6.33. The van der Waals surface area contributed by atoms with Gasteiger partial charge in [-0.15, -0.1) is 0 Å². The van der Waals surface area contributed by atoms with Crippen molar-refractivity contribution in [3.63, 3.8) is 0 Å². The van der Waals surface area contributed by atoms with Crippen LogP contribution in [0.3, 0.4) is 0 Å². The Kier molecular flexibility index (Phi) is 9.85. The van der Waals surface area contributed by atoms with Crippen molar-refractivity contribution in [1.82, 2.24) is 5.32 Å². The summed E-state index contributed by atoms with van der Waals surface area (Å²) in [6.07, 6.45) is 5.36. The van der Waals surface area contributed by atoms with Gasteiger partial charge in [0.2, 0.25) is 5.91 Å². The standard InChI is InChI=1S/C20H32N2O3/c1-3-5-6-10-14-20(16-19(24)25-4-2,22-18(23)13-15-21)17-11-8-7-9-12-17/h7-9,11-12H,3-6,10,13-16,21H2,1-2H3,(H,22,23). The van der Waals surface area contributed by atoms with Gasteiger partial charge in [0, 0.05) is 13.0 Å². The molecule has 0 bridgehead atoms. The number of unbranched alkanes of at least 4 members (excludes halogenated alkanes) is 3. The maximum atomic E-state index is 12.3. The zero-order valence-electron chi connectivity index (χ0n) is 15.6. The SMILES string of the molecule is CCCCCCC(CC(=O)OCC)(NC(=O)CCN)c1ccccc1. The first-order valence-corrected chi connectivity index (χ1v) is 9.30. The molecule has 0 saturated heterocycles. The molecule has 1 aromatic carbocycles. The lowest BCUT2D eigenvalue weighted by atomic mass is 9.81. The van der Waals surface area contributed by atoms with E-state index in [4.69, 9.17) is 10.5 Å². The van der Waals surface area contributed by atoms with E-state index >= 15 is 0 Å². The van der Waals surface area contributed by atoms with E-state index in [1.54, 1.807) is 6.92 Å². The molecule has 0 saturated carbocycles. The number of hydrogen-bond donors (Lipinski definition) is 2. The molecule has 0 heterocycles. The van der Waals surface area contributed by atoms with Gasteiger partial charge in [-0.2, -0.15) is 0 Å². The maximum Gasteiger partial charge on any atom is 0.308 e. The van der Waals surface area contributed by atoms with Gasteiger partial charge in [-0.25, -0.2) is 0 Å². The number of ether oxygens (including phenoxy) is 1. The number of carbonyl (C=O) groups excluding carboxylic acids is 2. The molecule has 1 amide bonds. The molecule has 1 atom stereocenters. The number of hydrogen-bond acceptors (Lipinski definition) is 4. The molecular formula is C20H32N2O3. The molecule has 25 heavy (non-hydrogen) atoms. The molecule has 0 fully saturated rings. The van der Waals surface area contributed by atoms with Crippen LogP contribution in [0.5, 0.6) is 0 Å². The molecular weight excluding hydrogens is 316 g/mol. The van der Waals surface area contributed by atoms with Gasteiger partial charge in [0.1, 0.15) is 0 Å². The predicted octanol–water partition coefficient (Wildman–Crippen LogP) is 3.27. The molecule has 0 aromatic heterocycles. The summed E-state index contributed by atoms with van der Waals surface area (Å²) < 4.78 is 5.17. The van der Waals surface area contributed by atoms with Crippen LogP contribution in [0.4, 0.5) is 0 Å². The highest BCUT2D eigenvalue weighted by Gasteiger charge is 2.36. The van der Waals surface area contributed by atoms with Crippen LogP contribution >= 0.6 is 0 Å². The predicted molar refractivity (Wildman–Crippen MR) is 99.9 cm³/mol. The molecule has 0 radical (unpaired) electrons. The molecule has 0 spiro atoms. The van der Waals surface area contributed by atoms with Crippen LogP contribution in [-0.4, -0.2) is 25.0 Å². The monoisotopic (exact) mass is 348 g/mol. The second kappa shape index (κ2) is 11.6. The molecule has 5 nitrogen and oxygen atoms in total. The van der Waals surface area contributed by atoms with Crippen LogP contribution < -0.4 is 11.1 Å². The van der Waals surface area contributed by atoms with Crippen LogP contribution in [0.2, 0.25) is 0 Å². The van der Waals surface area contributed by atoms with Gasteiger partial charge in [0.25, 0.3) is 0 Å². The number of nitrogens with two attached hydrogens (primary N) is 1. The van der Waals surface area contributed by atoms with E-state index in [0.29, 0.717) is 13.0 Å². The number of esters is 1. The largest absolute Gasteiger partial charge is 0.466 e. The minimum Gasteiger partial charge on any atom is -0.466 e. The summed E-state index contributed by atoms with van der Waals surface area (Å²) in [5.41, 5.74) is 5.72. The number of carbonyl (C=O) groups is 2. The molecule has 0 aliphatic heterocycles. The third-order valence-electron chi connectivity index (χ3n) is 4.29. The molecule has 1 aromatic rings. The van der Waals surface area contributed by atoms with Crippen LogP contribution in [0.1, 0.15) is 64.4 Å². The van der Waals surface area contributed by atoms with E-state index in [0.717, 1.165) is 31.2 Å². The molecule has 1 unspecified atom stereocenters. The third kappa shape index (κ3) is 7.26. The zero-order chi connectivity index (χ0) is 18.5. The van der Waals surface area contributed by atoms with Crippen LogP contribution in [0.25, 0.3) is 0 Å². The fourth-order valence-electron chi connectivity index (χ4n) is 3.04. The first kappa shape index (κ1) is 21.2. The molecule has 5 heteroatoms. The smallest absolute Gasteiger partial charge is 0.308 e. The lowest BCUT2D eigenvalue weighted by Crippen LogP contribution is -2.48. The van der Waals surface area contributed by atoms with Crippen LogP contribution in [0.15, 0.2) is 30.3 Å². The highest BCUT2D eigenvalue weighted by molar-refractivity contribution is 5.79. The van der Waals surface area contributed by atoms with Crippen molar-refractivity contribution in [1.29, 1.82) is 0 Å². The summed E-state index contributed by atoms with van der Waals surface area (Å²) in [5.74, 6) is -0.430. The Morgan fingerprint density at radius 2 is 1.84 bits per heavy atom. The van der Waals surface area contributed by atoms with Crippen LogP contribution in [-0.2, 0) is 19.9 Å². The Hall–Kier alpha value is -1.88. The van der Waals surface area contributed by atoms with Crippen molar-refractivity contribution in [2.24, 2.45) is 5.73 Å². The highest BCUT2D eigenvalue weighted by Crippen LogP contribution is 2.32. The third-order valence-corrected chi connectivity index (χ3v) is 4.29. The lowest BCUT2D eigenvalue weighted by Gasteiger charge is -2.35. The fourth-order valence-corrected chi connectivity index (χ4v) is 3.04. The Labute approximate surface area is 151 Å². The van der Waals surface area contributed by atoms with Gasteiger partial charge >= 0.3 is 5.97 Å². The van der Waals surface area contributed by atoms with E-state index in [1.165, 1.54) is 0 Å². The van der Waals surface area contributed by atoms with Gasteiger partial charge in [0.05, 0.1) is 18.6 Å². The maximum absolute atomic E-state index is 12.3. The number of nitrogens with one attached hydrogen (secondary N) is 1. The average Bonchev–Trinajstić information content (AvgIpc) is 2.59. The van der Waals surface area contributed by atoms with E-state index in [1.807, 2.05) is 30.3 Å². The number of rotatable bonds is 12. The minimum atomic E-state index is -0.743. The van der Waals surface area contributed by atoms with Gasteiger partial charge in [-0.1, -0.05) is 62.9 Å². The summed E-state index contributed by atoms with van der Waals surface area (Å²) in [4.78, 5) is 24.6. The topological polar surface area (TPSA) is 81.4 Å². The van der Waals surface area contributed by atoms with Crippen LogP contribution in [0, 0.1) is 0 Å². The van der Waals surface area contributed by atoms with Crippen molar-refractivity contribution in [3.05, 3.63) is 35.9 Å². The lowest BCUT2D eigenvalue weighted by molar-refractivity contribution is -0.145. The summed E-state index contributed by atoms with van der Waals surface area (Å²) >= 11 is 0. The first-order chi connectivity index (χ1) is 12.1. The molecule has 1 rings (SSSR count). The molecule has 0 aliphatic rings. The normalized spacial score (nSPS) is 13.1. The van der Waals surface area contributed by atoms with Crippen molar-refractivity contribution in [2.75, 3.05) is 13.2 Å². The molecule has 0 aliphatic carbocycles. The fraction of sp³-hybridized carbons (Fsp3) is 0.600. The summed E-state index contributed by atoms with van der Waals surface area (Å²) in [5, 5.41) is 3.09. The van der Waals surface area contributed by atoms with Gasteiger partial charge in [-0.05, 0) is 18.9 Å². The number of benzene rings is 1. The van der Waals surface area contributed by atoms with E-state index < -0.39 is 5.54 Å².